The van der Waals surface area contributed by atoms with Crippen LogP contribution in [-0.2, 0) is 9.32 Å². The fourth-order valence-electron chi connectivity index (χ4n) is 4.59. The van der Waals surface area contributed by atoms with E-state index in [0.717, 1.165) is 34.9 Å². The van der Waals surface area contributed by atoms with Gasteiger partial charge >= 0.3 is 188 Å². The normalized spacial score (nSPS) is 12.6. The minimum absolute atomic E-state index is 0.0902. The van der Waals surface area contributed by atoms with Gasteiger partial charge in [-0.15, -0.1) is 0 Å². The Morgan fingerprint density at radius 1 is 0.645 bits per heavy atom. The molecule has 0 aliphatic carbocycles. The van der Waals surface area contributed by atoms with Gasteiger partial charge in [0.2, 0.25) is 0 Å². The van der Waals surface area contributed by atoms with Crippen molar-refractivity contribution in [2.75, 3.05) is 6.16 Å². The van der Waals surface area contributed by atoms with Crippen molar-refractivity contribution in [1.82, 2.24) is 0 Å². The van der Waals surface area contributed by atoms with Crippen molar-refractivity contribution >= 4 is 28.7 Å². The molecule has 0 heterocycles. The molecule has 0 aliphatic rings. The van der Waals surface area contributed by atoms with Gasteiger partial charge in [0.05, 0.1) is 0 Å². The maximum absolute atomic E-state index is 13.4. The molecular formula is C28H35O2P. The van der Waals surface area contributed by atoms with Crippen LogP contribution in [0.1, 0.15) is 52.4 Å². The third-order valence-electron chi connectivity index (χ3n) is 6.30. The molecule has 3 aromatic rings. The summed E-state index contributed by atoms with van der Waals surface area (Å²) in [6.07, 6.45) is 6.76. The van der Waals surface area contributed by atoms with E-state index in [4.69, 9.17) is 4.52 Å². The summed E-state index contributed by atoms with van der Waals surface area (Å²) in [5.41, 5.74) is 0. The summed E-state index contributed by atoms with van der Waals surface area (Å²) in [6, 6.07) is 31.2. The molecule has 3 rings (SSSR count). The molecule has 3 heteroatoms. The number of carbonyl (C=O) groups excluding carboxylic acids is 1. The van der Waals surface area contributed by atoms with Crippen LogP contribution in [0.4, 0.5) is 0 Å². The SMILES string of the molecule is CCCCCCCC(=O)OP(CC)(c1ccccc1)(c1ccccc1)c1ccccc1. The second-order valence-electron chi connectivity index (χ2n) is 8.16. The number of hydrogen-bond acceptors (Lipinski definition) is 2. The zero-order chi connectivity index (χ0) is 22.0. The van der Waals surface area contributed by atoms with Gasteiger partial charge in [-0.05, 0) is 0 Å². The fourth-order valence-corrected chi connectivity index (χ4v) is 9.98. The standard InChI is InChI=1S/C28H35O2P/c1-3-5-6-7-17-24-28(29)30-31(4-2,25-18-11-8-12-19-25,26-20-13-9-14-21-26)27-22-15-10-16-23-27/h8-16,18-23H,3-7,17,24H2,1-2H3. The molecule has 0 amide bonds. The molecule has 2 nitrogen and oxygen atoms in total. The second kappa shape index (κ2) is 10.7. The number of hydrogen-bond donors (Lipinski definition) is 0. The summed E-state index contributed by atoms with van der Waals surface area (Å²) in [5.74, 6) is -0.0902. The monoisotopic (exact) mass is 434 g/mol. The first-order valence-corrected chi connectivity index (χ1v) is 13.9. The topological polar surface area (TPSA) is 26.3 Å². The van der Waals surface area contributed by atoms with Crippen molar-refractivity contribution in [3.63, 3.8) is 0 Å². The van der Waals surface area contributed by atoms with Crippen molar-refractivity contribution in [2.45, 2.75) is 52.4 Å². The third kappa shape index (κ3) is 4.60. The quantitative estimate of drug-likeness (QED) is 0.259. The fraction of sp³-hybridized carbons (Fsp3) is 0.321. The molecule has 0 saturated carbocycles. The van der Waals surface area contributed by atoms with E-state index >= 15 is 0 Å². The van der Waals surface area contributed by atoms with Crippen LogP contribution in [0.5, 0.6) is 0 Å². The molecule has 0 N–H and O–H groups in total. The predicted molar refractivity (Wildman–Crippen MR) is 135 cm³/mol. The summed E-state index contributed by atoms with van der Waals surface area (Å²) in [4.78, 5) is 13.4. The van der Waals surface area contributed by atoms with Gasteiger partial charge in [0, 0.05) is 0 Å². The van der Waals surface area contributed by atoms with E-state index in [1.807, 2.05) is 18.2 Å². The van der Waals surface area contributed by atoms with Crippen LogP contribution in [0.2, 0.25) is 0 Å². The van der Waals surface area contributed by atoms with Crippen molar-refractivity contribution in [3.8, 4) is 0 Å². The first kappa shape index (κ1) is 23.2. The first-order chi connectivity index (χ1) is 15.2. The van der Waals surface area contributed by atoms with Crippen LogP contribution >= 0.6 is 6.83 Å². The van der Waals surface area contributed by atoms with Crippen LogP contribution in [0.15, 0.2) is 91.0 Å². The second-order valence-corrected chi connectivity index (χ2v) is 13.0. The third-order valence-corrected chi connectivity index (χ3v) is 12.3. The molecule has 0 radical (unpaired) electrons. The number of benzene rings is 3. The molecule has 3 aromatic carbocycles. The van der Waals surface area contributed by atoms with E-state index in [2.05, 4.69) is 86.6 Å². The zero-order valence-electron chi connectivity index (χ0n) is 18.9. The van der Waals surface area contributed by atoms with Crippen molar-refractivity contribution in [1.29, 1.82) is 0 Å². The first-order valence-electron chi connectivity index (χ1n) is 11.6. The van der Waals surface area contributed by atoms with E-state index in [1.165, 1.54) is 19.3 Å². The van der Waals surface area contributed by atoms with Gasteiger partial charge in [-0.1, -0.05) is 0 Å². The van der Waals surface area contributed by atoms with Gasteiger partial charge < -0.3 is 0 Å². The van der Waals surface area contributed by atoms with E-state index in [-0.39, 0.29) is 5.97 Å². The minimum atomic E-state index is -3.45. The Hall–Kier alpha value is -2.44. The van der Waals surface area contributed by atoms with Crippen LogP contribution in [0.25, 0.3) is 0 Å². The Kier molecular flexibility index (Phi) is 8.04. The van der Waals surface area contributed by atoms with Gasteiger partial charge in [-0.3, -0.25) is 0 Å². The van der Waals surface area contributed by atoms with Gasteiger partial charge in [0.15, 0.2) is 0 Å². The van der Waals surface area contributed by atoms with Crippen LogP contribution in [-0.4, -0.2) is 12.1 Å². The summed E-state index contributed by atoms with van der Waals surface area (Å²) >= 11 is 0. The number of rotatable bonds is 11. The average Bonchev–Trinajstić information content (AvgIpc) is 2.84. The van der Waals surface area contributed by atoms with Crippen LogP contribution < -0.4 is 15.9 Å². The number of unbranched alkanes of at least 4 members (excludes halogenated alkanes) is 4. The molecule has 0 aromatic heterocycles. The summed E-state index contributed by atoms with van der Waals surface area (Å²) in [6.45, 7) is 0.920. The Bertz CT molecular complexity index is 839. The van der Waals surface area contributed by atoms with Gasteiger partial charge in [0.1, 0.15) is 0 Å². The number of carbonyl (C=O) groups is 1. The van der Waals surface area contributed by atoms with E-state index < -0.39 is 6.83 Å². The van der Waals surface area contributed by atoms with Crippen molar-refractivity contribution in [3.05, 3.63) is 91.0 Å². The molecular weight excluding hydrogens is 399 g/mol. The molecule has 0 unspecified atom stereocenters. The molecule has 0 atom stereocenters. The molecule has 0 fully saturated rings. The summed E-state index contributed by atoms with van der Waals surface area (Å²) in [5, 5.41) is 3.31. The maximum atomic E-state index is 13.4. The Labute approximate surface area is 187 Å². The van der Waals surface area contributed by atoms with Crippen molar-refractivity contribution < 1.29 is 9.32 Å². The van der Waals surface area contributed by atoms with Gasteiger partial charge in [-0.25, -0.2) is 0 Å². The average molecular weight is 435 g/mol. The molecule has 0 aliphatic heterocycles. The molecule has 0 bridgehead atoms. The molecule has 0 saturated heterocycles. The molecule has 164 valence electrons. The summed E-state index contributed by atoms with van der Waals surface area (Å²) < 4.78 is 6.83. The predicted octanol–water partition coefficient (Wildman–Crippen LogP) is 6.35. The Balaban J connectivity index is 2.14. The van der Waals surface area contributed by atoms with E-state index in [1.54, 1.807) is 0 Å². The van der Waals surface area contributed by atoms with Gasteiger partial charge in [0.25, 0.3) is 0 Å². The Morgan fingerprint density at radius 3 is 1.45 bits per heavy atom. The van der Waals surface area contributed by atoms with Crippen LogP contribution in [0, 0.1) is 0 Å². The summed E-state index contributed by atoms with van der Waals surface area (Å²) in [7, 11) is 0. The molecule has 31 heavy (non-hydrogen) atoms. The van der Waals surface area contributed by atoms with E-state index in [9.17, 15) is 4.79 Å². The van der Waals surface area contributed by atoms with Crippen LogP contribution in [0.3, 0.4) is 0 Å². The van der Waals surface area contributed by atoms with E-state index in [0.29, 0.717) is 6.42 Å². The molecule has 0 spiro atoms. The van der Waals surface area contributed by atoms with Crippen molar-refractivity contribution in [2.24, 2.45) is 0 Å². The zero-order valence-corrected chi connectivity index (χ0v) is 19.8. The Morgan fingerprint density at radius 2 is 1.06 bits per heavy atom. The van der Waals surface area contributed by atoms with Gasteiger partial charge in [-0.2, -0.15) is 0 Å².